The maximum atomic E-state index is 13.4. The Labute approximate surface area is 111 Å². The highest BCUT2D eigenvalue weighted by Gasteiger charge is 2.16. The van der Waals surface area contributed by atoms with E-state index < -0.39 is 5.82 Å². The summed E-state index contributed by atoms with van der Waals surface area (Å²) in [5, 5.41) is 0. The Morgan fingerprint density at radius 3 is 2.63 bits per heavy atom. The predicted octanol–water partition coefficient (Wildman–Crippen LogP) is 3.18. The maximum absolute atomic E-state index is 13.4. The largest absolute Gasteiger partial charge is 0.399 e. The molecule has 1 atom stereocenters. The third-order valence-corrected chi connectivity index (χ3v) is 3.07. The molecule has 2 aromatic rings. The Kier molecular flexibility index (Phi) is 3.90. The molecule has 19 heavy (non-hydrogen) atoms. The van der Waals surface area contributed by atoms with Crippen LogP contribution >= 0.6 is 0 Å². The van der Waals surface area contributed by atoms with Crippen LogP contribution in [-0.4, -0.2) is 10.8 Å². The van der Waals surface area contributed by atoms with Crippen LogP contribution in [0.1, 0.15) is 35.2 Å². The molecule has 4 heteroatoms. The number of hydrogen-bond acceptors (Lipinski definition) is 3. The average Bonchev–Trinajstić information content (AvgIpc) is 2.39. The van der Waals surface area contributed by atoms with Gasteiger partial charge in [-0.3, -0.25) is 9.78 Å². The molecule has 2 N–H and O–H groups in total. The lowest BCUT2D eigenvalue weighted by molar-refractivity contribution is 0.0971. The van der Waals surface area contributed by atoms with Gasteiger partial charge in [0.1, 0.15) is 0 Å². The number of carbonyl (C=O) groups excluding carboxylic acids is 1. The Balaban J connectivity index is 2.11. The molecule has 2 rings (SSSR count). The third-order valence-electron chi connectivity index (χ3n) is 3.07. The van der Waals surface area contributed by atoms with E-state index in [0.717, 1.165) is 11.8 Å². The van der Waals surface area contributed by atoms with Gasteiger partial charge in [0.25, 0.3) is 0 Å². The summed E-state index contributed by atoms with van der Waals surface area (Å²) >= 11 is 0. The fourth-order valence-corrected chi connectivity index (χ4v) is 1.93. The lowest BCUT2D eigenvalue weighted by Gasteiger charge is -2.11. The molecule has 98 valence electrons. The molecule has 1 heterocycles. The molecular weight excluding hydrogens is 243 g/mol. The van der Waals surface area contributed by atoms with Crippen molar-refractivity contribution in [1.82, 2.24) is 4.98 Å². The van der Waals surface area contributed by atoms with Crippen molar-refractivity contribution in [2.45, 2.75) is 19.3 Å². The molecule has 0 saturated carbocycles. The molecule has 1 aromatic carbocycles. The van der Waals surface area contributed by atoms with Crippen LogP contribution in [-0.2, 0) is 0 Å². The highest BCUT2D eigenvalue weighted by atomic mass is 19.1. The molecule has 1 aromatic heterocycles. The van der Waals surface area contributed by atoms with Gasteiger partial charge in [-0.25, -0.2) is 4.39 Å². The van der Waals surface area contributed by atoms with E-state index in [9.17, 15) is 9.18 Å². The van der Waals surface area contributed by atoms with E-state index in [1.165, 1.54) is 12.3 Å². The fourth-order valence-electron chi connectivity index (χ4n) is 1.93. The number of ketones is 1. The Hall–Kier alpha value is -2.23. The summed E-state index contributed by atoms with van der Waals surface area (Å²) in [5.74, 6) is -0.776. The summed E-state index contributed by atoms with van der Waals surface area (Å²) in [6.45, 7) is 1.93. The van der Waals surface area contributed by atoms with Crippen molar-refractivity contribution in [3.8, 4) is 0 Å². The van der Waals surface area contributed by atoms with Gasteiger partial charge in [-0.2, -0.15) is 0 Å². The van der Waals surface area contributed by atoms with Gasteiger partial charge in [-0.15, -0.1) is 0 Å². The third kappa shape index (κ3) is 3.16. The molecule has 0 radical (unpaired) electrons. The minimum absolute atomic E-state index is 0.0145. The van der Waals surface area contributed by atoms with Crippen LogP contribution in [0.4, 0.5) is 10.1 Å². The van der Waals surface area contributed by atoms with Gasteiger partial charge in [0.05, 0.1) is 11.8 Å². The van der Waals surface area contributed by atoms with E-state index in [4.69, 9.17) is 5.73 Å². The first-order valence-corrected chi connectivity index (χ1v) is 6.06. The smallest absolute Gasteiger partial charge is 0.166 e. The number of nitrogen functional groups attached to an aromatic ring is 1. The average molecular weight is 258 g/mol. The second kappa shape index (κ2) is 5.61. The van der Waals surface area contributed by atoms with Crippen molar-refractivity contribution < 1.29 is 9.18 Å². The van der Waals surface area contributed by atoms with Crippen molar-refractivity contribution >= 4 is 11.5 Å². The minimum Gasteiger partial charge on any atom is -0.399 e. The molecule has 0 amide bonds. The summed E-state index contributed by atoms with van der Waals surface area (Å²) in [7, 11) is 0. The van der Waals surface area contributed by atoms with Crippen molar-refractivity contribution in [3.05, 3.63) is 59.7 Å². The first-order valence-electron chi connectivity index (χ1n) is 6.06. The van der Waals surface area contributed by atoms with Crippen LogP contribution in [0.3, 0.4) is 0 Å². The number of nitrogens with two attached hydrogens (primary N) is 1. The van der Waals surface area contributed by atoms with E-state index in [-0.39, 0.29) is 23.7 Å². The van der Waals surface area contributed by atoms with Crippen LogP contribution in [0, 0.1) is 5.82 Å². The normalized spacial score (nSPS) is 12.1. The van der Waals surface area contributed by atoms with Gasteiger partial charge < -0.3 is 5.73 Å². The number of halogens is 1. The minimum atomic E-state index is -0.572. The molecule has 0 saturated heterocycles. The number of hydrogen-bond donors (Lipinski definition) is 1. The van der Waals surface area contributed by atoms with Gasteiger partial charge in [0.2, 0.25) is 0 Å². The first-order chi connectivity index (χ1) is 9.08. The number of anilines is 1. The zero-order valence-electron chi connectivity index (χ0n) is 10.6. The molecule has 0 aliphatic rings. The molecule has 3 nitrogen and oxygen atoms in total. The van der Waals surface area contributed by atoms with Gasteiger partial charge in [-0.05, 0) is 29.7 Å². The summed E-state index contributed by atoms with van der Waals surface area (Å²) in [5.41, 5.74) is 7.40. The Morgan fingerprint density at radius 2 is 2.00 bits per heavy atom. The topological polar surface area (TPSA) is 56.0 Å². The van der Waals surface area contributed by atoms with Gasteiger partial charge in [0, 0.05) is 18.3 Å². The lowest BCUT2D eigenvalue weighted by atomic mass is 9.93. The highest BCUT2D eigenvalue weighted by molar-refractivity contribution is 5.96. The Morgan fingerprint density at radius 1 is 1.32 bits per heavy atom. The Bertz CT molecular complexity index is 581. The molecular formula is C15H15FN2O. The zero-order chi connectivity index (χ0) is 13.8. The van der Waals surface area contributed by atoms with Gasteiger partial charge in [-0.1, -0.05) is 19.1 Å². The van der Waals surface area contributed by atoms with Crippen LogP contribution < -0.4 is 5.73 Å². The number of pyridine rings is 1. The number of carbonyl (C=O) groups is 1. The van der Waals surface area contributed by atoms with Crippen LogP contribution in [0.25, 0.3) is 0 Å². The maximum Gasteiger partial charge on any atom is 0.166 e. The second-order valence-electron chi connectivity index (χ2n) is 4.55. The predicted molar refractivity (Wildman–Crippen MR) is 72.4 cm³/mol. The van der Waals surface area contributed by atoms with Crippen LogP contribution in [0.5, 0.6) is 0 Å². The van der Waals surface area contributed by atoms with Gasteiger partial charge in [0.15, 0.2) is 11.6 Å². The highest BCUT2D eigenvalue weighted by Crippen LogP contribution is 2.22. The summed E-state index contributed by atoms with van der Waals surface area (Å²) in [4.78, 5) is 15.7. The SMILES string of the molecule is CC(CC(=O)c1ccncc1F)c1ccc(N)cc1. The summed E-state index contributed by atoms with van der Waals surface area (Å²) in [6, 6.07) is 8.77. The van der Waals surface area contributed by atoms with E-state index in [0.29, 0.717) is 5.69 Å². The number of benzene rings is 1. The van der Waals surface area contributed by atoms with E-state index >= 15 is 0 Å². The molecule has 0 bridgehead atoms. The molecule has 0 fully saturated rings. The molecule has 0 spiro atoms. The van der Waals surface area contributed by atoms with E-state index in [1.807, 2.05) is 19.1 Å². The zero-order valence-corrected chi connectivity index (χ0v) is 10.6. The quantitative estimate of drug-likeness (QED) is 0.677. The van der Waals surface area contributed by atoms with Crippen molar-refractivity contribution in [2.75, 3.05) is 5.73 Å². The van der Waals surface area contributed by atoms with Gasteiger partial charge >= 0.3 is 0 Å². The summed E-state index contributed by atoms with van der Waals surface area (Å²) < 4.78 is 13.4. The van der Waals surface area contributed by atoms with Crippen molar-refractivity contribution in [2.24, 2.45) is 0 Å². The molecule has 0 aliphatic heterocycles. The van der Waals surface area contributed by atoms with Crippen molar-refractivity contribution in [3.63, 3.8) is 0 Å². The molecule has 1 unspecified atom stereocenters. The number of rotatable bonds is 4. The number of Topliss-reactive ketones (excluding diaryl/α,β-unsaturated/α-hetero) is 1. The fraction of sp³-hybridized carbons (Fsp3) is 0.200. The van der Waals surface area contributed by atoms with E-state index in [1.54, 1.807) is 12.1 Å². The monoisotopic (exact) mass is 258 g/mol. The standard InChI is InChI=1S/C15H15FN2O/c1-10(11-2-4-12(17)5-3-11)8-15(19)13-6-7-18-9-14(13)16/h2-7,9-10H,8,17H2,1H3. The number of nitrogens with zero attached hydrogens (tertiary/aromatic N) is 1. The van der Waals surface area contributed by atoms with Crippen LogP contribution in [0.15, 0.2) is 42.7 Å². The summed E-state index contributed by atoms with van der Waals surface area (Å²) in [6.07, 6.45) is 2.73. The van der Waals surface area contributed by atoms with Crippen molar-refractivity contribution in [1.29, 1.82) is 0 Å². The second-order valence-corrected chi connectivity index (χ2v) is 4.55. The molecule has 0 aliphatic carbocycles. The van der Waals surface area contributed by atoms with Crippen LogP contribution in [0.2, 0.25) is 0 Å². The lowest BCUT2D eigenvalue weighted by Crippen LogP contribution is -2.07. The first kappa shape index (κ1) is 13.2. The van der Waals surface area contributed by atoms with E-state index in [2.05, 4.69) is 4.98 Å². The number of aromatic nitrogens is 1.